The summed E-state index contributed by atoms with van der Waals surface area (Å²) in [7, 11) is 0. The predicted octanol–water partition coefficient (Wildman–Crippen LogP) is 3.95. The third-order valence-corrected chi connectivity index (χ3v) is 4.67. The molecule has 1 aliphatic rings. The number of fused-ring (bicyclic) bond motifs is 1. The van der Waals surface area contributed by atoms with Crippen molar-refractivity contribution < 1.29 is 9.32 Å². The number of nitrogens with zero attached hydrogens (tertiary/aromatic N) is 2. The summed E-state index contributed by atoms with van der Waals surface area (Å²) in [5.41, 5.74) is 3.44. The molecule has 0 atom stereocenters. The van der Waals surface area contributed by atoms with Crippen LogP contribution in [0.3, 0.4) is 0 Å². The first-order chi connectivity index (χ1) is 10.8. The topological polar surface area (TPSA) is 58.4 Å². The molecule has 5 nitrogen and oxygen atoms in total. The Balaban J connectivity index is 1.81. The molecule has 0 aliphatic carbocycles. The lowest BCUT2D eigenvalue weighted by molar-refractivity contribution is 0.245. The molecule has 0 spiro atoms. The van der Waals surface area contributed by atoms with Crippen LogP contribution in [-0.2, 0) is 12.0 Å². The molecule has 1 N–H and O–H groups in total. The lowest BCUT2D eigenvalue weighted by Gasteiger charge is -2.21. The van der Waals surface area contributed by atoms with E-state index in [4.69, 9.17) is 16.1 Å². The number of aryl methyl sites for hydroxylation is 2. The van der Waals surface area contributed by atoms with Gasteiger partial charge in [0.15, 0.2) is 0 Å². The lowest BCUT2D eigenvalue weighted by Crippen LogP contribution is -2.41. The van der Waals surface area contributed by atoms with Crippen LogP contribution in [0.25, 0.3) is 0 Å². The normalized spacial score (nSPS) is 15.6. The van der Waals surface area contributed by atoms with E-state index in [0.29, 0.717) is 18.1 Å². The Morgan fingerprint density at radius 1 is 1.43 bits per heavy atom. The maximum Gasteiger partial charge on any atom is 0.322 e. The van der Waals surface area contributed by atoms with Gasteiger partial charge in [0.05, 0.1) is 11.4 Å². The van der Waals surface area contributed by atoms with Crippen LogP contribution in [0.4, 0.5) is 10.5 Å². The highest BCUT2D eigenvalue weighted by atomic mass is 35.5. The maximum atomic E-state index is 12.6. The van der Waals surface area contributed by atoms with Crippen LogP contribution in [0.15, 0.2) is 22.7 Å². The highest BCUT2D eigenvalue weighted by Gasteiger charge is 2.39. The van der Waals surface area contributed by atoms with Crippen molar-refractivity contribution in [2.75, 3.05) is 11.4 Å². The van der Waals surface area contributed by atoms with Gasteiger partial charge in [-0.05, 0) is 26.0 Å². The van der Waals surface area contributed by atoms with Crippen molar-refractivity contribution in [1.82, 2.24) is 10.5 Å². The van der Waals surface area contributed by atoms with E-state index in [0.717, 1.165) is 28.3 Å². The van der Waals surface area contributed by atoms with Gasteiger partial charge in [-0.25, -0.2) is 4.79 Å². The van der Waals surface area contributed by atoms with E-state index in [9.17, 15) is 4.79 Å². The molecule has 0 saturated carbocycles. The zero-order chi connectivity index (χ0) is 16.8. The molecule has 1 aromatic heterocycles. The van der Waals surface area contributed by atoms with Gasteiger partial charge in [-0.2, -0.15) is 0 Å². The van der Waals surface area contributed by atoms with E-state index in [1.165, 1.54) is 0 Å². The number of carbonyl (C=O) groups excluding carboxylic acids is 1. The van der Waals surface area contributed by atoms with Crippen LogP contribution in [0.5, 0.6) is 0 Å². The summed E-state index contributed by atoms with van der Waals surface area (Å²) >= 11 is 6.34. The fourth-order valence-electron chi connectivity index (χ4n) is 3.16. The summed E-state index contributed by atoms with van der Waals surface area (Å²) in [5, 5.41) is 7.56. The van der Waals surface area contributed by atoms with Gasteiger partial charge in [0.25, 0.3) is 0 Å². The van der Waals surface area contributed by atoms with Gasteiger partial charge in [0.1, 0.15) is 5.76 Å². The van der Waals surface area contributed by atoms with Crippen molar-refractivity contribution in [3.05, 3.63) is 45.8 Å². The van der Waals surface area contributed by atoms with Gasteiger partial charge in [-0.1, -0.05) is 36.7 Å². The van der Waals surface area contributed by atoms with Crippen LogP contribution < -0.4 is 10.2 Å². The van der Waals surface area contributed by atoms with E-state index >= 15 is 0 Å². The number of aromatic nitrogens is 1. The number of urea groups is 1. The highest BCUT2D eigenvalue weighted by molar-refractivity contribution is 6.32. The molecule has 0 bridgehead atoms. The number of carbonyl (C=O) groups is 1. The number of halogens is 1. The number of nitrogens with one attached hydrogen (secondary N) is 1. The molecule has 0 saturated heterocycles. The van der Waals surface area contributed by atoms with Crippen LogP contribution in [0.1, 0.15) is 36.4 Å². The van der Waals surface area contributed by atoms with Crippen LogP contribution in [0, 0.1) is 13.8 Å². The quantitative estimate of drug-likeness (QED) is 0.905. The minimum atomic E-state index is -0.173. The molecule has 0 radical (unpaired) electrons. The third-order valence-electron chi connectivity index (χ3n) is 4.36. The average molecular weight is 334 g/mol. The van der Waals surface area contributed by atoms with Crippen molar-refractivity contribution in [3.63, 3.8) is 0 Å². The van der Waals surface area contributed by atoms with Gasteiger partial charge in [0.2, 0.25) is 0 Å². The van der Waals surface area contributed by atoms with Gasteiger partial charge in [0, 0.05) is 34.7 Å². The SMILES string of the molecule is Cc1noc(C)c1CNC(=O)N1CC(C)(C)c2c(Cl)cccc21. The Morgan fingerprint density at radius 2 is 2.17 bits per heavy atom. The second-order valence-corrected chi connectivity index (χ2v) is 6.97. The van der Waals surface area contributed by atoms with Crippen molar-refractivity contribution in [2.24, 2.45) is 0 Å². The fourth-order valence-corrected chi connectivity index (χ4v) is 3.59. The smallest absolute Gasteiger partial charge is 0.322 e. The first-order valence-corrected chi connectivity index (χ1v) is 7.95. The number of hydrogen-bond donors (Lipinski definition) is 1. The Morgan fingerprint density at radius 3 is 2.83 bits per heavy atom. The van der Waals surface area contributed by atoms with Crippen molar-refractivity contribution in [2.45, 2.75) is 39.7 Å². The van der Waals surface area contributed by atoms with E-state index in [2.05, 4.69) is 24.3 Å². The Bertz CT molecular complexity index is 748. The van der Waals surface area contributed by atoms with Crippen molar-refractivity contribution in [3.8, 4) is 0 Å². The van der Waals surface area contributed by atoms with Crippen LogP contribution in [0.2, 0.25) is 5.02 Å². The zero-order valence-corrected chi connectivity index (χ0v) is 14.5. The Kier molecular flexibility index (Phi) is 3.84. The molecule has 2 amide bonds. The summed E-state index contributed by atoms with van der Waals surface area (Å²) in [6.07, 6.45) is 0. The minimum absolute atomic E-state index is 0.140. The Labute approximate surface area is 140 Å². The van der Waals surface area contributed by atoms with Crippen LogP contribution >= 0.6 is 11.6 Å². The number of amides is 2. The van der Waals surface area contributed by atoms with Gasteiger partial charge >= 0.3 is 6.03 Å². The van der Waals surface area contributed by atoms with Crippen molar-refractivity contribution in [1.29, 1.82) is 0 Å². The van der Waals surface area contributed by atoms with Gasteiger partial charge in [-0.15, -0.1) is 0 Å². The van der Waals surface area contributed by atoms with Gasteiger partial charge in [-0.3, -0.25) is 4.90 Å². The zero-order valence-electron chi connectivity index (χ0n) is 13.7. The molecule has 0 fully saturated rings. The molecule has 2 aromatic rings. The second kappa shape index (κ2) is 5.57. The summed E-state index contributed by atoms with van der Waals surface area (Å²) in [4.78, 5) is 14.4. The van der Waals surface area contributed by atoms with Gasteiger partial charge < -0.3 is 9.84 Å². The monoisotopic (exact) mass is 333 g/mol. The first kappa shape index (κ1) is 15.9. The molecular weight excluding hydrogens is 314 g/mol. The number of hydrogen-bond acceptors (Lipinski definition) is 3. The number of rotatable bonds is 2. The molecule has 1 aliphatic heterocycles. The summed E-state index contributed by atoms with van der Waals surface area (Å²) in [5.74, 6) is 0.730. The van der Waals surface area contributed by atoms with E-state index in [1.807, 2.05) is 32.0 Å². The average Bonchev–Trinajstić information content (AvgIpc) is 2.95. The van der Waals surface area contributed by atoms with E-state index < -0.39 is 0 Å². The molecular formula is C17H20ClN3O2. The largest absolute Gasteiger partial charge is 0.361 e. The summed E-state index contributed by atoms with van der Waals surface area (Å²) in [6.45, 7) is 8.90. The maximum absolute atomic E-state index is 12.6. The number of anilines is 1. The highest BCUT2D eigenvalue weighted by Crippen LogP contribution is 2.44. The van der Waals surface area contributed by atoms with E-state index in [-0.39, 0.29) is 11.4 Å². The first-order valence-electron chi connectivity index (χ1n) is 7.57. The van der Waals surface area contributed by atoms with Crippen LogP contribution in [-0.4, -0.2) is 17.7 Å². The Hall–Kier alpha value is -2.01. The molecule has 0 unspecified atom stereocenters. The predicted molar refractivity (Wildman–Crippen MR) is 90.0 cm³/mol. The molecule has 122 valence electrons. The molecule has 1 aromatic carbocycles. The molecule has 6 heteroatoms. The molecule has 2 heterocycles. The standard InChI is InChI=1S/C17H20ClN3O2/c1-10-12(11(2)23-20-10)8-19-16(22)21-9-17(3,4)15-13(18)6-5-7-14(15)21/h5-7H,8-9H2,1-4H3,(H,19,22). The number of benzene rings is 1. The molecule has 23 heavy (non-hydrogen) atoms. The summed E-state index contributed by atoms with van der Waals surface area (Å²) < 4.78 is 5.13. The third kappa shape index (κ3) is 2.70. The molecule has 3 rings (SSSR count). The van der Waals surface area contributed by atoms with E-state index in [1.54, 1.807) is 4.90 Å². The fraction of sp³-hybridized carbons (Fsp3) is 0.412. The summed E-state index contributed by atoms with van der Waals surface area (Å²) in [6, 6.07) is 5.54. The lowest BCUT2D eigenvalue weighted by atomic mass is 9.87. The second-order valence-electron chi connectivity index (χ2n) is 6.57. The van der Waals surface area contributed by atoms with Crippen molar-refractivity contribution >= 4 is 23.3 Å². The minimum Gasteiger partial charge on any atom is -0.361 e.